The summed E-state index contributed by atoms with van der Waals surface area (Å²) in [4.78, 5) is 0.0346. The first-order chi connectivity index (χ1) is 13.9. The van der Waals surface area contributed by atoms with Gasteiger partial charge in [-0.15, -0.1) is 0 Å². The Kier molecular flexibility index (Phi) is 5.94. The van der Waals surface area contributed by atoms with Gasteiger partial charge in [0, 0.05) is 16.3 Å². The monoisotopic (exact) mass is 495 g/mol. The number of ether oxygens (including phenoxy) is 1. The smallest absolute Gasteiger partial charge is 0.146 e. The quantitative estimate of drug-likeness (QED) is 0.399. The number of halogens is 3. The lowest BCUT2D eigenvalue weighted by molar-refractivity contribution is 0.187. The van der Waals surface area contributed by atoms with Gasteiger partial charge in [0.15, 0.2) is 0 Å². The summed E-state index contributed by atoms with van der Waals surface area (Å²) in [7, 11) is 0. The molecule has 0 saturated carbocycles. The van der Waals surface area contributed by atoms with Gasteiger partial charge in [0.2, 0.25) is 0 Å². The van der Waals surface area contributed by atoms with E-state index in [-0.39, 0.29) is 17.4 Å². The van der Waals surface area contributed by atoms with E-state index in [1.807, 2.05) is 32.0 Å². The van der Waals surface area contributed by atoms with Crippen LogP contribution in [0.5, 0.6) is 5.75 Å². The summed E-state index contributed by atoms with van der Waals surface area (Å²) in [5, 5.41) is 15.6. The minimum absolute atomic E-state index is 0.0346. The maximum atomic E-state index is 10.3. The van der Waals surface area contributed by atoms with Gasteiger partial charge in [-0.05, 0) is 41.8 Å². The Labute approximate surface area is 187 Å². The maximum Gasteiger partial charge on any atom is 0.146 e. The Morgan fingerprint density at radius 2 is 1.97 bits per heavy atom. The molecule has 0 amide bonds. The maximum absolute atomic E-state index is 10.3. The zero-order valence-corrected chi connectivity index (χ0v) is 19.1. The van der Waals surface area contributed by atoms with Crippen molar-refractivity contribution < 1.29 is 14.4 Å². The number of rotatable bonds is 5. The van der Waals surface area contributed by atoms with Gasteiger partial charge in [-0.3, -0.25) is 0 Å². The number of benzene rings is 2. The average Bonchev–Trinajstić information content (AvgIpc) is 3.21. The summed E-state index contributed by atoms with van der Waals surface area (Å²) in [5.74, 6) is 1.53. The normalized spacial score (nSPS) is 18.3. The Hall–Kier alpha value is -1.53. The Balaban J connectivity index is 1.67. The summed E-state index contributed by atoms with van der Waals surface area (Å²) in [6, 6.07) is 11.2. The molecule has 1 aliphatic rings. The van der Waals surface area contributed by atoms with Crippen molar-refractivity contribution >= 4 is 39.1 Å². The molecule has 3 aromatic rings. The molecule has 4 nitrogen and oxygen atoms in total. The fraction of sp³-hybridized carbons (Fsp3) is 0.318. The molecule has 2 aromatic carbocycles. The van der Waals surface area contributed by atoms with Crippen LogP contribution in [0.15, 0.2) is 40.9 Å². The summed E-state index contributed by atoms with van der Waals surface area (Å²) < 4.78 is 11.7. The van der Waals surface area contributed by atoms with Crippen molar-refractivity contribution in [2.24, 2.45) is 0 Å². The SMILES string of the molecule is CC(C)c1onc(-c2c(Cl)cccc2Cl)c1COc1ccc2c(c1)C(O)C(Br)C2. The molecule has 0 saturated heterocycles. The predicted molar refractivity (Wildman–Crippen MR) is 118 cm³/mol. The van der Waals surface area contributed by atoms with Crippen molar-refractivity contribution in [1.29, 1.82) is 0 Å². The van der Waals surface area contributed by atoms with Gasteiger partial charge in [-0.25, -0.2) is 0 Å². The van der Waals surface area contributed by atoms with E-state index < -0.39 is 6.10 Å². The molecule has 0 radical (unpaired) electrons. The van der Waals surface area contributed by atoms with Crippen LogP contribution in [0.3, 0.4) is 0 Å². The van der Waals surface area contributed by atoms with Crippen molar-refractivity contribution in [1.82, 2.24) is 5.16 Å². The lowest BCUT2D eigenvalue weighted by Gasteiger charge is -2.12. The Morgan fingerprint density at radius 3 is 2.66 bits per heavy atom. The molecule has 1 N–H and O–H groups in total. The number of nitrogens with zero attached hydrogens (tertiary/aromatic N) is 1. The van der Waals surface area contributed by atoms with Crippen molar-refractivity contribution in [2.45, 2.75) is 43.7 Å². The minimum Gasteiger partial charge on any atom is -0.489 e. The average molecular weight is 497 g/mol. The topological polar surface area (TPSA) is 55.5 Å². The summed E-state index contributed by atoms with van der Waals surface area (Å²) in [6.07, 6.45) is 0.266. The number of hydrogen-bond acceptors (Lipinski definition) is 4. The second-order valence-electron chi connectivity index (χ2n) is 7.44. The molecule has 1 aliphatic carbocycles. The number of hydrogen-bond donors (Lipinski definition) is 1. The van der Waals surface area contributed by atoms with E-state index in [1.54, 1.807) is 18.2 Å². The van der Waals surface area contributed by atoms with Gasteiger partial charge < -0.3 is 14.4 Å². The summed E-state index contributed by atoms with van der Waals surface area (Å²) in [5.41, 5.74) is 4.06. The van der Waals surface area contributed by atoms with Crippen molar-refractivity contribution in [3.05, 3.63) is 68.9 Å². The molecule has 29 heavy (non-hydrogen) atoms. The molecule has 4 rings (SSSR count). The highest BCUT2D eigenvalue weighted by molar-refractivity contribution is 9.09. The van der Waals surface area contributed by atoms with Crippen LogP contribution in [0.4, 0.5) is 0 Å². The third kappa shape index (κ3) is 3.93. The number of aromatic nitrogens is 1. The molecule has 1 aromatic heterocycles. The third-order valence-corrected chi connectivity index (χ3v) is 6.57. The van der Waals surface area contributed by atoms with Crippen molar-refractivity contribution in [2.75, 3.05) is 0 Å². The zero-order chi connectivity index (χ0) is 20.7. The fourth-order valence-corrected chi connectivity index (χ4v) is 4.84. The molecule has 2 unspecified atom stereocenters. The van der Waals surface area contributed by atoms with Crippen LogP contribution >= 0.6 is 39.1 Å². The van der Waals surface area contributed by atoms with E-state index >= 15 is 0 Å². The molecule has 152 valence electrons. The molecule has 0 aliphatic heterocycles. The summed E-state index contributed by atoms with van der Waals surface area (Å²) >= 11 is 16.3. The van der Waals surface area contributed by atoms with E-state index in [2.05, 4.69) is 21.1 Å². The molecular weight excluding hydrogens is 477 g/mol. The van der Waals surface area contributed by atoms with Crippen LogP contribution in [-0.4, -0.2) is 15.1 Å². The molecule has 7 heteroatoms. The molecular formula is C22H20BrCl2NO3. The molecule has 2 atom stereocenters. The first-order valence-corrected chi connectivity index (χ1v) is 11.0. The molecule has 0 spiro atoms. The summed E-state index contributed by atoms with van der Waals surface area (Å²) in [6.45, 7) is 4.31. The first-order valence-electron chi connectivity index (χ1n) is 9.37. The van der Waals surface area contributed by atoms with Gasteiger partial charge in [-0.2, -0.15) is 0 Å². The van der Waals surface area contributed by atoms with E-state index in [4.69, 9.17) is 32.5 Å². The van der Waals surface area contributed by atoms with Gasteiger partial charge in [0.1, 0.15) is 23.8 Å². The fourth-order valence-electron chi connectivity index (χ4n) is 3.63. The van der Waals surface area contributed by atoms with Gasteiger partial charge in [0.05, 0.1) is 21.7 Å². The van der Waals surface area contributed by atoms with Crippen LogP contribution < -0.4 is 4.74 Å². The number of aliphatic hydroxyl groups excluding tert-OH is 1. The van der Waals surface area contributed by atoms with Crippen LogP contribution in [0, 0.1) is 0 Å². The minimum atomic E-state index is -0.534. The van der Waals surface area contributed by atoms with Gasteiger partial charge in [-0.1, -0.05) is 70.3 Å². The molecule has 0 fully saturated rings. The Morgan fingerprint density at radius 1 is 1.24 bits per heavy atom. The predicted octanol–water partition coefficient (Wildman–Crippen LogP) is 6.70. The van der Waals surface area contributed by atoms with E-state index in [0.717, 1.165) is 28.9 Å². The van der Waals surface area contributed by atoms with Crippen molar-refractivity contribution in [3.63, 3.8) is 0 Å². The van der Waals surface area contributed by atoms with Gasteiger partial charge >= 0.3 is 0 Å². The highest BCUT2D eigenvalue weighted by atomic mass is 79.9. The Bertz CT molecular complexity index is 1030. The highest BCUT2D eigenvalue weighted by Gasteiger charge is 2.29. The number of alkyl halides is 1. The van der Waals surface area contributed by atoms with E-state index in [9.17, 15) is 5.11 Å². The van der Waals surface area contributed by atoms with Crippen molar-refractivity contribution in [3.8, 4) is 17.0 Å². The first kappa shape index (κ1) is 20.7. The highest BCUT2D eigenvalue weighted by Crippen LogP contribution is 2.40. The largest absolute Gasteiger partial charge is 0.489 e. The third-order valence-electron chi connectivity index (χ3n) is 5.12. The molecule has 1 heterocycles. The van der Waals surface area contributed by atoms with Crippen LogP contribution in [0.2, 0.25) is 10.0 Å². The standard InChI is InChI=1S/C22H20BrCl2NO3/c1-11(2)22-15(20(26-29-22)19-17(24)4-3-5-18(19)25)10-28-13-7-6-12-8-16(23)21(27)14(12)9-13/h3-7,9,11,16,21,27H,8,10H2,1-2H3. The zero-order valence-electron chi connectivity index (χ0n) is 16.0. The van der Waals surface area contributed by atoms with Gasteiger partial charge in [0.25, 0.3) is 0 Å². The van der Waals surface area contributed by atoms with Crippen LogP contribution in [0.25, 0.3) is 11.3 Å². The number of fused-ring (bicyclic) bond motifs is 1. The van der Waals surface area contributed by atoms with Crippen LogP contribution in [0.1, 0.15) is 48.3 Å². The second-order valence-corrected chi connectivity index (χ2v) is 9.43. The molecule has 0 bridgehead atoms. The number of aliphatic hydroxyl groups is 1. The van der Waals surface area contributed by atoms with Crippen LogP contribution in [-0.2, 0) is 13.0 Å². The van der Waals surface area contributed by atoms with E-state index in [0.29, 0.717) is 27.1 Å². The second kappa shape index (κ2) is 8.31. The lowest BCUT2D eigenvalue weighted by atomic mass is 10.0. The lowest BCUT2D eigenvalue weighted by Crippen LogP contribution is -2.04. The van der Waals surface area contributed by atoms with E-state index in [1.165, 1.54) is 0 Å².